The van der Waals surface area contributed by atoms with Crippen molar-refractivity contribution in [2.75, 3.05) is 18.8 Å². The van der Waals surface area contributed by atoms with Crippen molar-refractivity contribution in [3.05, 3.63) is 11.3 Å². The van der Waals surface area contributed by atoms with Crippen LogP contribution in [0.25, 0.3) is 0 Å². The molecule has 0 unspecified atom stereocenters. The highest BCUT2D eigenvalue weighted by Crippen LogP contribution is 2.35. The van der Waals surface area contributed by atoms with Gasteiger partial charge in [0.15, 0.2) is 0 Å². The van der Waals surface area contributed by atoms with E-state index in [9.17, 15) is 8.42 Å². The van der Waals surface area contributed by atoms with E-state index in [0.29, 0.717) is 12.3 Å². The van der Waals surface area contributed by atoms with Crippen molar-refractivity contribution >= 4 is 15.9 Å². The third kappa shape index (κ3) is 2.01. The number of rotatable bonds is 1. The van der Waals surface area contributed by atoms with Gasteiger partial charge >= 0.3 is 0 Å². The van der Waals surface area contributed by atoms with Crippen LogP contribution in [0, 0.1) is 0 Å². The molecule has 106 valence electrons. The smallest absolute Gasteiger partial charge is 0.214 e. The summed E-state index contributed by atoms with van der Waals surface area (Å²) in [5.74, 6) is 1.33. The molecule has 0 spiro atoms. The predicted molar refractivity (Wildman–Crippen MR) is 75.5 cm³/mol. The van der Waals surface area contributed by atoms with Gasteiger partial charge in [0.1, 0.15) is 5.84 Å². The first-order chi connectivity index (χ1) is 8.90. The molecule has 0 saturated carbocycles. The maximum absolute atomic E-state index is 12.0. The molecule has 0 aromatic rings. The lowest BCUT2D eigenvalue weighted by Gasteiger charge is -2.29. The van der Waals surface area contributed by atoms with Crippen LogP contribution in [-0.4, -0.2) is 54.4 Å². The van der Waals surface area contributed by atoms with Crippen LogP contribution in [0.4, 0.5) is 0 Å². The molecule has 3 aliphatic heterocycles. The van der Waals surface area contributed by atoms with E-state index in [1.54, 1.807) is 4.31 Å². The molecule has 2 fully saturated rings. The van der Waals surface area contributed by atoms with E-state index in [-0.39, 0.29) is 12.1 Å². The molecule has 2 saturated heterocycles. The van der Waals surface area contributed by atoms with Crippen molar-refractivity contribution in [3.8, 4) is 0 Å². The van der Waals surface area contributed by atoms with Crippen LogP contribution in [0.2, 0.25) is 0 Å². The first kappa shape index (κ1) is 13.1. The van der Waals surface area contributed by atoms with Crippen molar-refractivity contribution in [1.29, 1.82) is 0 Å². The maximum atomic E-state index is 12.0. The zero-order chi connectivity index (χ0) is 13.8. The summed E-state index contributed by atoms with van der Waals surface area (Å²) in [6.07, 6.45) is 1.60. The summed E-state index contributed by atoms with van der Waals surface area (Å²) in [6, 6.07) is 0.313. The quantitative estimate of drug-likeness (QED) is 0.726. The minimum Gasteiger partial charge on any atom is -0.332 e. The van der Waals surface area contributed by atoms with Gasteiger partial charge in [0.25, 0.3) is 0 Å². The van der Waals surface area contributed by atoms with Crippen molar-refractivity contribution in [3.63, 3.8) is 0 Å². The highest BCUT2D eigenvalue weighted by molar-refractivity contribution is 7.89. The lowest BCUT2D eigenvalue weighted by Crippen LogP contribution is -2.39. The van der Waals surface area contributed by atoms with E-state index in [1.807, 2.05) is 6.92 Å². The maximum Gasteiger partial charge on any atom is 0.214 e. The van der Waals surface area contributed by atoms with E-state index in [2.05, 4.69) is 23.7 Å². The molecule has 0 aromatic carbocycles. The van der Waals surface area contributed by atoms with Gasteiger partial charge in [-0.2, -0.15) is 4.31 Å². The number of aliphatic imine (C=N–C) groups is 1. The van der Waals surface area contributed by atoms with Gasteiger partial charge in [-0.1, -0.05) is 0 Å². The molecule has 3 rings (SSSR count). The summed E-state index contributed by atoms with van der Waals surface area (Å²) in [6.45, 7) is 7.67. The molecule has 0 aliphatic carbocycles. The SMILES string of the molecule is CC1=N[C@@H](C)C(C)=C2C[C@H](N3CCCS3(=O)=O)CN12. The summed E-state index contributed by atoms with van der Waals surface area (Å²) < 4.78 is 25.8. The van der Waals surface area contributed by atoms with Crippen LogP contribution in [0.15, 0.2) is 16.3 Å². The average Bonchev–Trinajstić information content (AvgIpc) is 2.89. The number of hydrogen-bond donors (Lipinski definition) is 0. The summed E-state index contributed by atoms with van der Waals surface area (Å²) in [5, 5.41) is 0. The van der Waals surface area contributed by atoms with Crippen LogP contribution < -0.4 is 0 Å². The zero-order valence-corrected chi connectivity index (χ0v) is 12.6. The second-order valence-electron chi connectivity index (χ2n) is 5.73. The molecule has 0 aromatic heterocycles. The first-order valence-electron chi connectivity index (χ1n) is 6.91. The van der Waals surface area contributed by atoms with E-state index >= 15 is 0 Å². The summed E-state index contributed by atoms with van der Waals surface area (Å²) in [5.41, 5.74) is 2.57. The molecule has 0 amide bonds. The monoisotopic (exact) mass is 283 g/mol. The molecular weight excluding hydrogens is 262 g/mol. The molecule has 0 radical (unpaired) electrons. The standard InChI is InChI=1S/C13H21N3O2S/c1-9-10(2)14-11(3)15-8-12(7-13(9)15)16-5-4-6-19(16,17)18/h10,12H,4-8H2,1-3H3/t10-,12-/m0/s1. The fourth-order valence-electron chi connectivity index (χ4n) is 3.37. The Morgan fingerprint density at radius 2 is 2.05 bits per heavy atom. The minimum absolute atomic E-state index is 0.0906. The normalized spacial score (nSPS) is 34.7. The summed E-state index contributed by atoms with van der Waals surface area (Å²) in [4.78, 5) is 6.82. The van der Waals surface area contributed by atoms with Crippen LogP contribution in [-0.2, 0) is 10.0 Å². The third-order valence-electron chi connectivity index (χ3n) is 4.55. The number of hydrogen-bond acceptors (Lipinski definition) is 4. The zero-order valence-electron chi connectivity index (χ0n) is 11.8. The Kier molecular flexibility index (Phi) is 2.98. The number of fused-ring (bicyclic) bond motifs is 1. The molecule has 19 heavy (non-hydrogen) atoms. The Hall–Kier alpha value is -0.880. The fourth-order valence-corrected chi connectivity index (χ4v) is 5.10. The van der Waals surface area contributed by atoms with Crippen molar-refractivity contribution in [2.45, 2.75) is 45.7 Å². The van der Waals surface area contributed by atoms with E-state index in [4.69, 9.17) is 0 Å². The lowest BCUT2D eigenvalue weighted by atomic mass is 10.0. The molecule has 6 heteroatoms. The highest BCUT2D eigenvalue weighted by Gasteiger charge is 2.41. The van der Waals surface area contributed by atoms with Gasteiger partial charge in [0, 0.05) is 31.2 Å². The molecule has 0 N–H and O–H groups in total. The summed E-state index contributed by atoms with van der Waals surface area (Å²) >= 11 is 0. The predicted octanol–water partition coefficient (Wildman–Crippen LogP) is 1.19. The van der Waals surface area contributed by atoms with E-state index in [0.717, 1.165) is 25.2 Å². The second kappa shape index (κ2) is 4.31. The Morgan fingerprint density at radius 3 is 2.68 bits per heavy atom. The first-order valence-corrected chi connectivity index (χ1v) is 8.52. The van der Waals surface area contributed by atoms with Gasteiger partial charge in [0.05, 0.1) is 11.8 Å². The van der Waals surface area contributed by atoms with Crippen molar-refractivity contribution in [2.24, 2.45) is 4.99 Å². The number of nitrogens with zero attached hydrogens (tertiary/aromatic N) is 3. The lowest BCUT2D eigenvalue weighted by molar-refractivity contribution is 0.344. The topological polar surface area (TPSA) is 53.0 Å². The summed E-state index contributed by atoms with van der Waals surface area (Å²) in [7, 11) is -3.02. The van der Waals surface area contributed by atoms with Crippen molar-refractivity contribution < 1.29 is 8.42 Å². The third-order valence-corrected chi connectivity index (χ3v) is 6.55. The van der Waals surface area contributed by atoms with Crippen LogP contribution >= 0.6 is 0 Å². The Bertz CT molecular complexity index is 564. The molecular formula is C13H21N3O2S. The molecule has 3 heterocycles. The number of amidine groups is 1. The van der Waals surface area contributed by atoms with Gasteiger partial charge in [0.2, 0.25) is 10.0 Å². The van der Waals surface area contributed by atoms with Crippen LogP contribution in [0.1, 0.15) is 33.6 Å². The Labute approximate surface area is 115 Å². The van der Waals surface area contributed by atoms with E-state index in [1.165, 1.54) is 11.3 Å². The number of sulfonamides is 1. The van der Waals surface area contributed by atoms with Gasteiger partial charge in [-0.15, -0.1) is 0 Å². The van der Waals surface area contributed by atoms with Crippen LogP contribution in [0.3, 0.4) is 0 Å². The fraction of sp³-hybridized carbons (Fsp3) is 0.769. The van der Waals surface area contributed by atoms with Gasteiger partial charge in [-0.25, -0.2) is 8.42 Å². The average molecular weight is 283 g/mol. The van der Waals surface area contributed by atoms with Gasteiger partial charge < -0.3 is 4.90 Å². The second-order valence-corrected chi connectivity index (χ2v) is 7.77. The highest BCUT2D eigenvalue weighted by atomic mass is 32.2. The molecule has 5 nitrogen and oxygen atoms in total. The van der Waals surface area contributed by atoms with Gasteiger partial charge in [-0.3, -0.25) is 4.99 Å². The Morgan fingerprint density at radius 1 is 1.32 bits per heavy atom. The Balaban J connectivity index is 1.89. The largest absolute Gasteiger partial charge is 0.332 e. The minimum atomic E-state index is -3.02. The molecule has 0 bridgehead atoms. The molecule has 2 atom stereocenters. The van der Waals surface area contributed by atoms with E-state index < -0.39 is 10.0 Å². The van der Waals surface area contributed by atoms with Crippen molar-refractivity contribution in [1.82, 2.24) is 9.21 Å². The van der Waals surface area contributed by atoms with Gasteiger partial charge in [-0.05, 0) is 32.8 Å². The molecule has 3 aliphatic rings. The van der Waals surface area contributed by atoms with Crippen LogP contribution in [0.5, 0.6) is 0 Å².